The third-order valence-corrected chi connectivity index (χ3v) is 3.17. The van der Waals surface area contributed by atoms with Gasteiger partial charge in [0, 0.05) is 18.2 Å². The molecule has 2 aromatic heterocycles. The van der Waals surface area contributed by atoms with Gasteiger partial charge < -0.3 is 10.3 Å². The lowest BCUT2D eigenvalue weighted by Gasteiger charge is -2.05. The highest BCUT2D eigenvalue weighted by atomic mass is 16.6. The van der Waals surface area contributed by atoms with Crippen LogP contribution in [0.15, 0.2) is 35.4 Å². The second-order valence-electron chi connectivity index (χ2n) is 4.58. The number of para-hydroxylation sites is 1. The van der Waals surface area contributed by atoms with Gasteiger partial charge in [-0.05, 0) is 6.42 Å². The number of aromatic nitrogens is 4. The molecule has 3 rings (SSSR count). The lowest BCUT2D eigenvalue weighted by molar-refractivity contribution is -0.385. The molecule has 0 radical (unpaired) electrons. The number of nitrogens with one attached hydrogen (secondary N) is 3. The monoisotopic (exact) mass is 300 g/mol. The van der Waals surface area contributed by atoms with Crippen LogP contribution in [0.5, 0.6) is 0 Å². The number of H-pyrrole nitrogens is 2. The van der Waals surface area contributed by atoms with E-state index in [0.717, 1.165) is 0 Å². The molecule has 0 unspecified atom stereocenters. The Morgan fingerprint density at radius 1 is 1.32 bits per heavy atom. The number of benzene rings is 1. The zero-order valence-corrected chi connectivity index (χ0v) is 11.4. The minimum Gasteiger partial charge on any atom is -0.355 e. The van der Waals surface area contributed by atoms with E-state index in [4.69, 9.17) is 0 Å². The Balaban J connectivity index is 1.72. The first-order valence-corrected chi connectivity index (χ1v) is 6.55. The van der Waals surface area contributed by atoms with Crippen LogP contribution in [-0.2, 0) is 6.42 Å². The summed E-state index contributed by atoms with van der Waals surface area (Å²) < 4.78 is 0. The Kier molecular flexibility index (Phi) is 3.52. The summed E-state index contributed by atoms with van der Waals surface area (Å²) >= 11 is 0. The number of aromatic amines is 2. The van der Waals surface area contributed by atoms with Crippen molar-refractivity contribution in [2.45, 2.75) is 6.42 Å². The van der Waals surface area contributed by atoms with Gasteiger partial charge in [0.25, 0.3) is 11.2 Å². The predicted octanol–water partition coefficient (Wildman–Crippen LogP) is 1.21. The first-order valence-electron chi connectivity index (χ1n) is 6.55. The summed E-state index contributed by atoms with van der Waals surface area (Å²) in [6.07, 6.45) is 1.82. The van der Waals surface area contributed by atoms with E-state index in [1.807, 2.05) is 0 Å². The van der Waals surface area contributed by atoms with Crippen LogP contribution in [0, 0.1) is 10.1 Å². The van der Waals surface area contributed by atoms with Gasteiger partial charge in [-0.1, -0.05) is 18.2 Å². The summed E-state index contributed by atoms with van der Waals surface area (Å²) in [4.78, 5) is 35.6. The van der Waals surface area contributed by atoms with E-state index in [1.165, 1.54) is 12.4 Å². The van der Waals surface area contributed by atoms with Crippen LogP contribution in [0.25, 0.3) is 11.2 Å². The van der Waals surface area contributed by atoms with Crippen molar-refractivity contribution >= 4 is 22.8 Å². The zero-order valence-electron chi connectivity index (χ0n) is 11.4. The van der Waals surface area contributed by atoms with Crippen molar-refractivity contribution in [2.24, 2.45) is 0 Å². The molecule has 0 amide bonds. The molecule has 0 saturated heterocycles. The molecule has 0 saturated carbocycles. The van der Waals surface area contributed by atoms with Crippen LogP contribution in [-0.4, -0.2) is 31.4 Å². The Labute approximate surface area is 123 Å². The highest BCUT2D eigenvalue weighted by molar-refractivity contribution is 5.69. The van der Waals surface area contributed by atoms with Crippen molar-refractivity contribution in [3.8, 4) is 0 Å². The molecule has 0 spiro atoms. The summed E-state index contributed by atoms with van der Waals surface area (Å²) in [5, 5.41) is 13.9. The number of fused-ring (bicyclic) bond motifs is 1. The SMILES string of the molecule is O=c1[nH]c(NCCc2ccccc2[N+](=O)[O-])nc2nc[nH]c12. The lowest BCUT2D eigenvalue weighted by atomic mass is 10.1. The number of nitro benzene ring substituents is 1. The maximum absolute atomic E-state index is 11.7. The van der Waals surface area contributed by atoms with E-state index in [-0.39, 0.29) is 17.2 Å². The molecule has 0 atom stereocenters. The predicted molar refractivity (Wildman–Crippen MR) is 79.8 cm³/mol. The number of anilines is 1. The van der Waals surface area contributed by atoms with Crippen LogP contribution >= 0.6 is 0 Å². The van der Waals surface area contributed by atoms with E-state index in [1.54, 1.807) is 18.2 Å². The van der Waals surface area contributed by atoms with Crippen LogP contribution < -0.4 is 10.9 Å². The largest absolute Gasteiger partial charge is 0.355 e. The molecule has 0 bridgehead atoms. The second kappa shape index (κ2) is 5.64. The van der Waals surface area contributed by atoms with E-state index >= 15 is 0 Å². The first-order chi connectivity index (χ1) is 10.6. The van der Waals surface area contributed by atoms with Crippen molar-refractivity contribution in [1.82, 2.24) is 19.9 Å². The van der Waals surface area contributed by atoms with E-state index < -0.39 is 4.92 Å². The van der Waals surface area contributed by atoms with Crippen molar-refractivity contribution < 1.29 is 4.92 Å². The van der Waals surface area contributed by atoms with Gasteiger partial charge in [-0.2, -0.15) is 4.98 Å². The molecule has 2 heterocycles. The molecular formula is C13H12N6O3. The van der Waals surface area contributed by atoms with Crippen LogP contribution in [0.4, 0.5) is 11.6 Å². The quantitative estimate of drug-likeness (QED) is 0.479. The van der Waals surface area contributed by atoms with E-state index in [0.29, 0.717) is 29.7 Å². The number of rotatable bonds is 5. The first kappa shape index (κ1) is 13.7. The number of hydrogen-bond acceptors (Lipinski definition) is 6. The van der Waals surface area contributed by atoms with Crippen LogP contribution in [0.2, 0.25) is 0 Å². The summed E-state index contributed by atoms with van der Waals surface area (Å²) in [6.45, 7) is 0.393. The Hall–Kier alpha value is -3.23. The van der Waals surface area contributed by atoms with Gasteiger partial charge in [0.2, 0.25) is 5.95 Å². The third-order valence-electron chi connectivity index (χ3n) is 3.17. The van der Waals surface area contributed by atoms with Gasteiger partial charge in [-0.3, -0.25) is 19.9 Å². The Morgan fingerprint density at radius 3 is 2.95 bits per heavy atom. The number of nitro groups is 1. The molecule has 9 heteroatoms. The minimum atomic E-state index is -0.411. The molecule has 9 nitrogen and oxygen atoms in total. The van der Waals surface area contributed by atoms with Crippen LogP contribution in [0.3, 0.4) is 0 Å². The molecule has 22 heavy (non-hydrogen) atoms. The van der Waals surface area contributed by atoms with Crippen molar-refractivity contribution in [2.75, 3.05) is 11.9 Å². The minimum absolute atomic E-state index is 0.0773. The molecule has 0 aliphatic carbocycles. The Bertz CT molecular complexity index is 885. The van der Waals surface area contributed by atoms with Crippen molar-refractivity contribution in [3.63, 3.8) is 0 Å². The van der Waals surface area contributed by atoms with Crippen molar-refractivity contribution in [1.29, 1.82) is 0 Å². The standard InChI is InChI=1S/C13H12N6O3/c20-12-10-11(16-7-15-10)17-13(18-12)14-6-5-8-3-1-2-4-9(8)19(21)22/h1-4,7H,5-6H2,(H3,14,15,16,17,18,20). The summed E-state index contributed by atoms with van der Waals surface area (Å²) in [5.74, 6) is 0.281. The zero-order chi connectivity index (χ0) is 15.5. The van der Waals surface area contributed by atoms with Crippen LogP contribution in [0.1, 0.15) is 5.56 Å². The number of nitrogens with zero attached hydrogens (tertiary/aromatic N) is 3. The third kappa shape index (κ3) is 2.64. The highest BCUT2D eigenvalue weighted by Crippen LogP contribution is 2.18. The fourth-order valence-corrected chi connectivity index (χ4v) is 2.14. The fraction of sp³-hybridized carbons (Fsp3) is 0.154. The number of imidazole rings is 1. The summed E-state index contributed by atoms with van der Waals surface area (Å²) in [7, 11) is 0. The average Bonchev–Trinajstić information content (AvgIpc) is 2.96. The summed E-state index contributed by atoms with van der Waals surface area (Å²) in [6, 6.07) is 6.54. The molecule has 1 aromatic carbocycles. The fourth-order valence-electron chi connectivity index (χ4n) is 2.14. The smallest absolute Gasteiger partial charge is 0.278 e. The second-order valence-corrected chi connectivity index (χ2v) is 4.58. The molecule has 112 valence electrons. The van der Waals surface area contributed by atoms with Gasteiger partial charge >= 0.3 is 0 Å². The summed E-state index contributed by atoms with van der Waals surface area (Å²) in [5.41, 5.74) is 0.994. The molecule has 0 aliphatic rings. The van der Waals surface area contributed by atoms with E-state index in [9.17, 15) is 14.9 Å². The Morgan fingerprint density at radius 2 is 2.14 bits per heavy atom. The maximum Gasteiger partial charge on any atom is 0.278 e. The van der Waals surface area contributed by atoms with E-state index in [2.05, 4.69) is 25.3 Å². The van der Waals surface area contributed by atoms with Gasteiger partial charge in [-0.15, -0.1) is 0 Å². The molecular weight excluding hydrogens is 288 g/mol. The van der Waals surface area contributed by atoms with Gasteiger partial charge in [0.05, 0.1) is 11.3 Å². The highest BCUT2D eigenvalue weighted by Gasteiger charge is 2.12. The van der Waals surface area contributed by atoms with Crippen molar-refractivity contribution in [3.05, 3.63) is 56.6 Å². The average molecular weight is 300 g/mol. The number of hydrogen-bond donors (Lipinski definition) is 3. The topological polar surface area (TPSA) is 130 Å². The molecule has 3 aromatic rings. The van der Waals surface area contributed by atoms with Gasteiger partial charge in [-0.25, -0.2) is 4.98 Å². The molecule has 0 fully saturated rings. The normalized spacial score (nSPS) is 10.7. The molecule has 0 aliphatic heterocycles. The van der Waals surface area contributed by atoms with Gasteiger partial charge in [0.15, 0.2) is 11.2 Å². The van der Waals surface area contributed by atoms with Gasteiger partial charge in [0.1, 0.15) is 0 Å². The lowest BCUT2D eigenvalue weighted by Crippen LogP contribution is -2.15. The molecule has 3 N–H and O–H groups in total. The maximum atomic E-state index is 11.7.